The van der Waals surface area contributed by atoms with Crippen molar-refractivity contribution < 1.29 is 0 Å². The molecule has 0 radical (unpaired) electrons. The van der Waals surface area contributed by atoms with Gasteiger partial charge in [-0.1, -0.05) is 32.0 Å². The van der Waals surface area contributed by atoms with Crippen molar-refractivity contribution in [3.63, 3.8) is 0 Å². The van der Waals surface area contributed by atoms with Crippen molar-refractivity contribution in [1.29, 1.82) is 0 Å². The standard InChI is InChI=1S/C16H17N5/c1-10(2)14-9-15(21-17)20-16(19-14)12-7-8-18-13-6-4-3-5-11(12)13/h3-10H,17H2,1-2H3,(H,19,20,21). The highest BCUT2D eigenvalue weighted by Crippen LogP contribution is 2.27. The number of rotatable bonds is 3. The number of anilines is 1. The minimum Gasteiger partial charge on any atom is -0.308 e. The second-order valence-corrected chi connectivity index (χ2v) is 5.18. The fourth-order valence-electron chi connectivity index (χ4n) is 2.25. The summed E-state index contributed by atoms with van der Waals surface area (Å²) in [6.45, 7) is 4.19. The number of nitrogen functional groups attached to an aromatic ring is 1. The van der Waals surface area contributed by atoms with Gasteiger partial charge in [0.1, 0.15) is 5.82 Å². The van der Waals surface area contributed by atoms with Gasteiger partial charge in [-0.15, -0.1) is 0 Å². The number of fused-ring (bicyclic) bond motifs is 1. The molecule has 0 saturated heterocycles. The Bertz CT molecular complexity index is 777. The van der Waals surface area contributed by atoms with Crippen LogP contribution in [0.2, 0.25) is 0 Å². The summed E-state index contributed by atoms with van der Waals surface area (Å²) in [6, 6.07) is 11.8. The number of nitrogens with zero attached hydrogens (tertiary/aromatic N) is 3. The Kier molecular flexibility index (Phi) is 3.50. The van der Waals surface area contributed by atoms with Crippen LogP contribution in [-0.2, 0) is 0 Å². The van der Waals surface area contributed by atoms with Crippen LogP contribution in [0.3, 0.4) is 0 Å². The Morgan fingerprint density at radius 1 is 1.10 bits per heavy atom. The highest BCUT2D eigenvalue weighted by molar-refractivity contribution is 5.92. The number of hydrazine groups is 1. The lowest BCUT2D eigenvalue weighted by molar-refractivity contribution is 0.817. The Balaban J connectivity index is 2.25. The maximum Gasteiger partial charge on any atom is 0.162 e. The van der Waals surface area contributed by atoms with E-state index < -0.39 is 0 Å². The van der Waals surface area contributed by atoms with Crippen LogP contribution in [0.25, 0.3) is 22.3 Å². The minimum atomic E-state index is 0.298. The smallest absolute Gasteiger partial charge is 0.162 e. The largest absolute Gasteiger partial charge is 0.308 e. The molecule has 0 saturated carbocycles. The third-order valence-corrected chi connectivity index (χ3v) is 3.38. The van der Waals surface area contributed by atoms with Crippen molar-refractivity contribution in [1.82, 2.24) is 15.0 Å². The number of benzene rings is 1. The van der Waals surface area contributed by atoms with Gasteiger partial charge in [0.2, 0.25) is 0 Å². The lowest BCUT2D eigenvalue weighted by atomic mass is 10.1. The van der Waals surface area contributed by atoms with Gasteiger partial charge < -0.3 is 5.43 Å². The minimum absolute atomic E-state index is 0.298. The van der Waals surface area contributed by atoms with Crippen LogP contribution in [0, 0.1) is 0 Å². The topological polar surface area (TPSA) is 76.7 Å². The molecule has 0 atom stereocenters. The molecule has 3 aromatic rings. The zero-order chi connectivity index (χ0) is 14.8. The molecule has 5 heteroatoms. The van der Waals surface area contributed by atoms with Gasteiger partial charge in [0.25, 0.3) is 0 Å². The Labute approximate surface area is 123 Å². The van der Waals surface area contributed by atoms with Gasteiger partial charge in [-0.2, -0.15) is 0 Å². The summed E-state index contributed by atoms with van der Waals surface area (Å²) in [7, 11) is 0. The number of para-hydroxylation sites is 1. The number of nitrogens with one attached hydrogen (secondary N) is 1. The quantitative estimate of drug-likeness (QED) is 0.569. The van der Waals surface area contributed by atoms with Gasteiger partial charge in [0.05, 0.1) is 5.52 Å². The van der Waals surface area contributed by atoms with E-state index in [2.05, 4.69) is 34.2 Å². The Morgan fingerprint density at radius 3 is 2.67 bits per heavy atom. The first kappa shape index (κ1) is 13.5. The lowest BCUT2D eigenvalue weighted by Crippen LogP contribution is -2.11. The molecule has 1 aromatic carbocycles. The summed E-state index contributed by atoms with van der Waals surface area (Å²) >= 11 is 0. The van der Waals surface area contributed by atoms with Crippen LogP contribution in [0.4, 0.5) is 5.82 Å². The van der Waals surface area contributed by atoms with Crippen LogP contribution in [0.5, 0.6) is 0 Å². The summed E-state index contributed by atoms with van der Waals surface area (Å²) in [5.74, 6) is 7.10. The molecule has 0 fully saturated rings. The zero-order valence-electron chi connectivity index (χ0n) is 12.0. The molecule has 0 aliphatic heterocycles. The second kappa shape index (κ2) is 5.46. The molecule has 0 aliphatic rings. The third kappa shape index (κ3) is 2.55. The van der Waals surface area contributed by atoms with Gasteiger partial charge in [0.15, 0.2) is 5.82 Å². The highest BCUT2D eigenvalue weighted by Gasteiger charge is 2.11. The predicted molar refractivity (Wildman–Crippen MR) is 84.7 cm³/mol. The zero-order valence-corrected chi connectivity index (χ0v) is 12.0. The van der Waals surface area contributed by atoms with E-state index >= 15 is 0 Å². The van der Waals surface area contributed by atoms with E-state index in [1.807, 2.05) is 36.4 Å². The number of hydrogen-bond donors (Lipinski definition) is 2. The van der Waals surface area contributed by atoms with Crippen molar-refractivity contribution in [3.8, 4) is 11.4 Å². The van der Waals surface area contributed by atoms with Crippen LogP contribution in [0.15, 0.2) is 42.6 Å². The average molecular weight is 279 g/mol. The van der Waals surface area contributed by atoms with Gasteiger partial charge in [-0.3, -0.25) is 4.98 Å². The van der Waals surface area contributed by atoms with Crippen molar-refractivity contribution in [2.75, 3.05) is 5.43 Å². The van der Waals surface area contributed by atoms with Crippen molar-refractivity contribution in [3.05, 3.63) is 48.3 Å². The summed E-state index contributed by atoms with van der Waals surface area (Å²) in [4.78, 5) is 13.5. The number of hydrogen-bond acceptors (Lipinski definition) is 5. The van der Waals surface area contributed by atoms with E-state index in [0.29, 0.717) is 17.6 Å². The molecule has 2 heterocycles. The molecule has 3 N–H and O–H groups in total. The first-order valence-electron chi connectivity index (χ1n) is 6.88. The number of nitrogens with two attached hydrogens (primary N) is 1. The van der Waals surface area contributed by atoms with Crippen LogP contribution in [-0.4, -0.2) is 15.0 Å². The Hall–Kier alpha value is -2.53. The SMILES string of the molecule is CC(C)c1cc(NN)nc(-c2ccnc3ccccc23)n1. The van der Waals surface area contributed by atoms with E-state index in [0.717, 1.165) is 22.2 Å². The fourth-order valence-corrected chi connectivity index (χ4v) is 2.25. The van der Waals surface area contributed by atoms with Crippen molar-refractivity contribution >= 4 is 16.7 Å². The number of aromatic nitrogens is 3. The summed E-state index contributed by atoms with van der Waals surface area (Å²) < 4.78 is 0. The molecule has 0 bridgehead atoms. The first-order chi connectivity index (χ1) is 10.2. The summed E-state index contributed by atoms with van der Waals surface area (Å²) in [5, 5.41) is 1.03. The molecular formula is C16H17N5. The molecule has 0 unspecified atom stereocenters. The molecule has 3 rings (SSSR count). The molecule has 0 amide bonds. The van der Waals surface area contributed by atoms with E-state index in [9.17, 15) is 0 Å². The van der Waals surface area contributed by atoms with Crippen LogP contribution in [0.1, 0.15) is 25.5 Å². The average Bonchev–Trinajstić information content (AvgIpc) is 2.53. The van der Waals surface area contributed by atoms with Gasteiger partial charge >= 0.3 is 0 Å². The lowest BCUT2D eigenvalue weighted by Gasteiger charge is -2.11. The molecule has 0 aliphatic carbocycles. The van der Waals surface area contributed by atoms with Crippen LogP contribution >= 0.6 is 0 Å². The van der Waals surface area contributed by atoms with Crippen molar-refractivity contribution in [2.24, 2.45) is 5.84 Å². The monoisotopic (exact) mass is 279 g/mol. The molecule has 0 spiro atoms. The highest BCUT2D eigenvalue weighted by atomic mass is 15.3. The van der Waals surface area contributed by atoms with Crippen molar-refractivity contribution in [2.45, 2.75) is 19.8 Å². The number of pyridine rings is 1. The molecule has 2 aromatic heterocycles. The van der Waals surface area contributed by atoms with E-state index in [1.165, 1.54) is 0 Å². The summed E-state index contributed by atoms with van der Waals surface area (Å²) in [6.07, 6.45) is 1.78. The molecule has 5 nitrogen and oxygen atoms in total. The van der Waals surface area contributed by atoms with E-state index in [1.54, 1.807) is 6.20 Å². The van der Waals surface area contributed by atoms with E-state index in [4.69, 9.17) is 5.84 Å². The van der Waals surface area contributed by atoms with Crippen LogP contribution < -0.4 is 11.3 Å². The maximum absolute atomic E-state index is 5.53. The maximum atomic E-state index is 5.53. The first-order valence-corrected chi connectivity index (χ1v) is 6.88. The molecule has 106 valence electrons. The normalized spacial score (nSPS) is 11.0. The van der Waals surface area contributed by atoms with Gasteiger partial charge in [-0.25, -0.2) is 15.8 Å². The Morgan fingerprint density at radius 2 is 1.90 bits per heavy atom. The van der Waals surface area contributed by atoms with E-state index in [-0.39, 0.29) is 0 Å². The second-order valence-electron chi connectivity index (χ2n) is 5.18. The van der Waals surface area contributed by atoms with Gasteiger partial charge in [-0.05, 0) is 18.1 Å². The molecular weight excluding hydrogens is 262 g/mol. The predicted octanol–water partition coefficient (Wildman–Crippen LogP) is 3.10. The third-order valence-electron chi connectivity index (χ3n) is 3.38. The summed E-state index contributed by atoms with van der Waals surface area (Å²) in [5.41, 5.74) is 5.45. The van der Waals surface area contributed by atoms with Gasteiger partial charge in [0, 0.05) is 28.9 Å². The fraction of sp³-hybridized carbons (Fsp3) is 0.188. The molecule has 21 heavy (non-hydrogen) atoms.